The van der Waals surface area contributed by atoms with Crippen LogP contribution in [0.1, 0.15) is 17.0 Å². The van der Waals surface area contributed by atoms with E-state index in [2.05, 4.69) is 0 Å². The maximum atomic E-state index is 11.3. The second-order valence-electron chi connectivity index (χ2n) is 4.71. The van der Waals surface area contributed by atoms with Crippen LogP contribution < -0.4 is 0 Å². The molecule has 0 bridgehead atoms. The summed E-state index contributed by atoms with van der Waals surface area (Å²) in [6.07, 6.45) is 4.12. The van der Waals surface area contributed by atoms with E-state index in [0.717, 1.165) is 11.1 Å². The molecule has 0 saturated carbocycles. The van der Waals surface area contributed by atoms with E-state index in [0.29, 0.717) is 6.29 Å². The summed E-state index contributed by atoms with van der Waals surface area (Å²) in [7, 11) is 0. The zero-order chi connectivity index (χ0) is 15.1. The van der Waals surface area contributed by atoms with Gasteiger partial charge in [0.05, 0.1) is 0 Å². The lowest BCUT2D eigenvalue weighted by Gasteiger charge is -2.16. The van der Waals surface area contributed by atoms with Crippen molar-refractivity contribution < 1.29 is 14.7 Å². The van der Waals surface area contributed by atoms with Gasteiger partial charge < -0.3 is 9.90 Å². The molecule has 2 atom stereocenters. The summed E-state index contributed by atoms with van der Waals surface area (Å²) in [6.45, 7) is 0. The fourth-order valence-corrected chi connectivity index (χ4v) is 2.19. The fourth-order valence-electron chi connectivity index (χ4n) is 2.19. The first-order valence-electron chi connectivity index (χ1n) is 6.68. The molecule has 0 amide bonds. The molecule has 0 aliphatic carbocycles. The standard InChI is InChI=1S/C18H16O3/c19-13-17(18(20)21)16(15-9-5-2-6-10-15)12-11-14-7-3-1-4-8-14/h1-13,16-17H,(H,20,21)/b12-11+. The van der Waals surface area contributed by atoms with Crippen LogP contribution in [0.5, 0.6) is 0 Å². The van der Waals surface area contributed by atoms with Crippen LogP contribution in [-0.2, 0) is 9.59 Å². The van der Waals surface area contributed by atoms with E-state index in [1.807, 2.05) is 66.7 Å². The van der Waals surface area contributed by atoms with Gasteiger partial charge in [-0.2, -0.15) is 0 Å². The van der Waals surface area contributed by atoms with Gasteiger partial charge in [0.15, 0.2) is 0 Å². The number of rotatable bonds is 6. The first kappa shape index (κ1) is 14.7. The van der Waals surface area contributed by atoms with Gasteiger partial charge in [0.2, 0.25) is 0 Å². The average molecular weight is 280 g/mol. The Kier molecular flexibility index (Phi) is 5.04. The molecule has 0 spiro atoms. The van der Waals surface area contributed by atoms with Crippen molar-refractivity contribution in [2.24, 2.45) is 5.92 Å². The summed E-state index contributed by atoms with van der Waals surface area (Å²) < 4.78 is 0. The Hall–Kier alpha value is -2.68. The number of carboxylic acid groups (broad SMARTS) is 1. The van der Waals surface area contributed by atoms with Crippen LogP contribution in [0.2, 0.25) is 0 Å². The molecule has 2 rings (SSSR count). The minimum absolute atomic E-state index is 0.485. The van der Waals surface area contributed by atoms with E-state index in [-0.39, 0.29) is 0 Å². The highest BCUT2D eigenvalue weighted by molar-refractivity contribution is 5.88. The molecule has 2 unspecified atom stereocenters. The number of aliphatic carboxylic acids is 1. The lowest BCUT2D eigenvalue weighted by Crippen LogP contribution is -2.22. The Labute approximate surface area is 123 Å². The van der Waals surface area contributed by atoms with Crippen LogP contribution in [0.3, 0.4) is 0 Å². The largest absolute Gasteiger partial charge is 0.481 e. The Balaban J connectivity index is 2.34. The van der Waals surface area contributed by atoms with Gasteiger partial charge >= 0.3 is 5.97 Å². The van der Waals surface area contributed by atoms with Crippen molar-refractivity contribution >= 4 is 18.3 Å². The maximum Gasteiger partial charge on any atom is 0.314 e. The smallest absolute Gasteiger partial charge is 0.314 e. The molecule has 1 N–H and O–H groups in total. The monoisotopic (exact) mass is 280 g/mol. The summed E-state index contributed by atoms with van der Waals surface area (Å²) >= 11 is 0. The number of benzene rings is 2. The van der Waals surface area contributed by atoms with E-state index >= 15 is 0 Å². The topological polar surface area (TPSA) is 54.4 Å². The molecule has 2 aromatic carbocycles. The molecule has 21 heavy (non-hydrogen) atoms. The molecule has 0 radical (unpaired) electrons. The summed E-state index contributed by atoms with van der Waals surface area (Å²) in [4.78, 5) is 22.4. The summed E-state index contributed by atoms with van der Waals surface area (Å²) in [5.41, 5.74) is 1.78. The van der Waals surface area contributed by atoms with Gasteiger partial charge in [0, 0.05) is 5.92 Å². The van der Waals surface area contributed by atoms with Crippen molar-refractivity contribution in [2.75, 3.05) is 0 Å². The Morgan fingerprint density at radius 1 is 0.952 bits per heavy atom. The van der Waals surface area contributed by atoms with Crippen LogP contribution in [0.4, 0.5) is 0 Å². The number of hydrogen-bond acceptors (Lipinski definition) is 2. The SMILES string of the molecule is O=CC(C(=O)O)C(/C=C/c1ccccc1)c1ccccc1. The first-order chi connectivity index (χ1) is 10.2. The molecule has 2 aromatic rings. The van der Waals surface area contributed by atoms with Gasteiger partial charge in [-0.05, 0) is 11.1 Å². The number of aldehydes is 1. The zero-order valence-electron chi connectivity index (χ0n) is 11.4. The third kappa shape index (κ3) is 3.89. The van der Waals surface area contributed by atoms with Gasteiger partial charge in [-0.15, -0.1) is 0 Å². The number of allylic oxidation sites excluding steroid dienone is 1. The lowest BCUT2D eigenvalue weighted by molar-refractivity contribution is -0.143. The minimum atomic E-state index is -1.11. The maximum absolute atomic E-state index is 11.3. The number of carboxylic acids is 1. The van der Waals surface area contributed by atoms with Crippen molar-refractivity contribution in [3.63, 3.8) is 0 Å². The number of carbonyl (C=O) groups excluding carboxylic acids is 1. The Bertz CT molecular complexity index is 617. The molecule has 0 heterocycles. The molecule has 3 heteroatoms. The van der Waals surface area contributed by atoms with Crippen molar-refractivity contribution in [1.82, 2.24) is 0 Å². The Morgan fingerprint density at radius 3 is 2.05 bits per heavy atom. The molecule has 0 aliphatic heterocycles. The highest BCUT2D eigenvalue weighted by Crippen LogP contribution is 2.26. The highest BCUT2D eigenvalue weighted by Gasteiger charge is 2.26. The molecular formula is C18H16O3. The minimum Gasteiger partial charge on any atom is -0.481 e. The van der Waals surface area contributed by atoms with E-state index in [4.69, 9.17) is 0 Å². The van der Waals surface area contributed by atoms with Gasteiger partial charge in [0.1, 0.15) is 12.2 Å². The van der Waals surface area contributed by atoms with E-state index < -0.39 is 17.8 Å². The molecular weight excluding hydrogens is 264 g/mol. The predicted octanol–water partition coefficient (Wildman–Crippen LogP) is 3.38. The molecule has 0 aliphatic rings. The number of carbonyl (C=O) groups is 2. The zero-order valence-corrected chi connectivity index (χ0v) is 11.4. The highest BCUT2D eigenvalue weighted by atomic mass is 16.4. The third-order valence-corrected chi connectivity index (χ3v) is 3.30. The van der Waals surface area contributed by atoms with E-state index in [1.165, 1.54) is 0 Å². The predicted molar refractivity (Wildman–Crippen MR) is 81.8 cm³/mol. The Morgan fingerprint density at radius 2 is 1.52 bits per heavy atom. The summed E-state index contributed by atoms with van der Waals surface area (Å²) in [6, 6.07) is 18.8. The van der Waals surface area contributed by atoms with Crippen LogP contribution >= 0.6 is 0 Å². The molecule has 0 fully saturated rings. The fraction of sp³-hybridized carbons (Fsp3) is 0.111. The average Bonchev–Trinajstić information content (AvgIpc) is 2.53. The van der Waals surface area contributed by atoms with Gasteiger partial charge in [-0.1, -0.05) is 72.8 Å². The second-order valence-corrected chi connectivity index (χ2v) is 4.71. The number of hydrogen-bond donors (Lipinski definition) is 1. The van der Waals surface area contributed by atoms with Crippen LogP contribution in [0.15, 0.2) is 66.7 Å². The van der Waals surface area contributed by atoms with Crippen molar-refractivity contribution in [3.8, 4) is 0 Å². The van der Waals surface area contributed by atoms with Crippen molar-refractivity contribution in [2.45, 2.75) is 5.92 Å². The van der Waals surface area contributed by atoms with Gasteiger partial charge in [0.25, 0.3) is 0 Å². The van der Waals surface area contributed by atoms with Crippen molar-refractivity contribution in [3.05, 3.63) is 77.9 Å². The van der Waals surface area contributed by atoms with E-state index in [1.54, 1.807) is 6.08 Å². The molecule has 3 nitrogen and oxygen atoms in total. The first-order valence-corrected chi connectivity index (χ1v) is 6.68. The molecule has 0 saturated heterocycles. The normalized spacial score (nSPS) is 13.7. The van der Waals surface area contributed by atoms with Crippen molar-refractivity contribution in [1.29, 1.82) is 0 Å². The van der Waals surface area contributed by atoms with Crippen LogP contribution in [0, 0.1) is 5.92 Å². The molecule has 106 valence electrons. The molecule has 0 aromatic heterocycles. The summed E-state index contributed by atoms with van der Waals surface area (Å²) in [5.74, 6) is -2.69. The quantitative estimate of drug-likeness (QED) is 0.652. The second kappa shape index (κ2) is 7.20. The third-order valence-electron chi connectivity index (χ3n) is 3.30. The van der Waals surface area contributed by atoms with Gasteiger partial charge in [-0.3, -0.25) is 4.79 Å². The van der Waals surface area contributed by atoms with Crippen LogP contribution in [-0.4, -0.2) is 17.4 Å². The summed E-state index contributed by atoms with van der Waals surface area (Å²) in [5, 5.41) is 9.24. The van der Waals surface area contributed by atoms with Gasteiger partial charge in [-0.25, -0.2) is 0 Å². The van der Waals surface area contributed by atoms with E-state index in [9.17, 15) is 14.7 Å². The lowest BCUT2D eigenvalue weighted by atomic mass is 9.86. The van der Waals surface area contributed by atoms with Crippen LogP contribution in [0.25, 0.3) is 6.08 Å².